The van der Waals surface area contributed by atoms with Crippen molar-refractivity contribution in [1.82, 2.24) is 25.8 Å². The van der Waals surface area contributed by atoms with Gasteiger partial charge in [0.15, 0.2) is 0 Å². The molecular weight excluding hydrogens is 699 g/mol. The first-order chi connectivity index (χ1) is 26.5. The molecule has 2 saturated heterocycles. The molecule has 4 atom stereocenters. The van der Waals surface area contributed by atoms with Gasteiger partial charge in [0.1, 0.15) is 18.1 Å². The van der Waals surface area contributed by atoms with Crippen LogP contribution >= 0.6 is 0 Å². The van der Waals surface area contributed by atoms with Crippen LogP contribution in [0.5, 0.6) is 0 Å². The van der Waals surface area contributed by atoms with Gasteiger partial charge in [-0.15, -0.1) is 0 Å². The van der Waals surface area contributed by atoms with Gasteiger partial charge in [-0.25, -0.2) is 0 Å². The number of amides is 5. The average molecular weight is 762 g/mol. The minimum atomic E-state index is -0.952. The number of hydrogen-bond acceptors (Lipinski definition) is 8. The van der Waals surface area contributed by atoms with Gasteiger partial charge >= 0.3 is 0 Å². The van der Waals surface area contributed by atoms with Crippen LogP contribution in [0.2, 0.25) is 0 Å². The third-order valence-electron chi connectivity index (χ3n) is 10.5. The number of benzene rings is 2. The Balaban J connectivity index is 1.44. The van der Waals surface area contributed by atoms with Crippen LogP contribution in [0.25, 0.3) is 0 Å². The molecule has 0 radical (unpaired) electrons. The second-order valence-corrected chi connectivity index (χ2v) is 15.3. The Labute approximate surface area is 326 Å². The number of carbonyl (C=O) groups is 5. The van der Waals surface area contributed by atoms with Crippen molar-refractivity contribution in [3.05, 3.63) is 71.8 Å². The number of carbonyl (C=O) groups excluding carboxylic acids is 5. The Morgan fingerprint density at radius 3 is 1.91 bits per heavy atom. The normalized spacial score (nSPS) is 17.2. The molecule has 2 aliphatic heterocycles. The zero-order chi connectivity index (χ0) is 39.6. The summed E-state index contributed by atoms with van der Waals surface area (Å²) in [5.74, 6) is -1.58. The fourth-order valence-electron chi connectivity index (χ4n) is 7.25. The standard InChI is InChI=1S/C42H63N7O6/c1-30(2)28-37(47-39(51)35(18-17-31-12-6-3-7-13-31)45-38(50)34(44)29-32-14-8-4-9-15-32)40(52)46-36(16-10-5-11-21-43)42(54)48-22-19-33(20-23-48)41(53)49-24-26-55-27-25-49/h3-4,6-9,12-15,30,33-37H,5,10-11,16-29,43-44H2,1-2H3,(H,45,50)(H,46,52)(H,47,51)/t34-,35-,36-,37-/m1/s1. The van der Waals surface area contributed by atoms with Gasteiger partial charge in [-0.1, -0.05) is 87.4 Å². The van der Waals surface area contributed by atoms with Crippen molar-refractivity contribution in [3.8, 4) is 0 Å². The molecule has 7 N–H and O–H groups in total. The van der Waals surface area contributed by atoms with E-state index in [2.05, 4.69) is 16.0 Å². The number of nitrogens with zero attached hydrogens (tertiary/aromatic N) is 2. The number of morpholine rings is 1. The molecule has 2 heterocycles. The highest BCUT2D eigenvalue weighted by Crippen LogP contribution is 2.22. The summed E-state index contributed by atoms with van der Waals surface area (Å²) in [4.78, 5) is 72.2. The first-order valence-corrected chi connectivity index (χ1v) is 20.2. The minimum Gasteiger partial charge on any atom is -0.378 e. The Kier molecular flexibility index (Phi) is 18.1. The van der Waals surface area contributed by atoms with Gasteiger partial charge in [-0.2, -0.15) is 0 Å². The van der Waals surface area contributed by atoms with E-state index in [-0.39, 0.29) is 23.7 Å². The van der Waals surface area contributed by atoms with E-state index in [1.165, 1.54) is 0 Å². The molecule has 5 amide bonds. The van der Waals surface area contributed by atoms with Crippen LogP contribution in [0.1, 0.15) is 76.3 Å². The SMILES string of the molecule is CC(C)C[C@@H](NC(=O)[C@@H](CCc1ccccc1)NC(=O)[C@H](N)Cc1ccccc1)C(=O)N[C@H](CCCCCN)C(=O)N1CCC(C(=O)N2CCOCC2)CC1. The maximum absolute atomic E-state index is 14.1. The third-order valence-corrected chi connectivity index (χ3v) is 10.5. The molecule has 0 unspecified atom stereocenters. The molecule has 2 aromatic rings. The second-order valence-electron chi connectivity index (χ2n) is 15.3. The second kappa shape index (κ2) is 22.9. The van der Waals surface area contributed by atoms with Gasteiger partial charge in [-0.3, -0.25) is 24.0 Å². The van der Waals surface area contributed by atoms with Crippen molar-refractivity contribution in [2.24, 2.45) is 23.3 Å². The number of nitrogens with one attached hydrogen (secondary N) is 3. The first kappa shape index (κ1) is 43.4. The van der Waals surface area contributed by atoms with Crippen LogP contribution in [0.3, 0.4) is 0 Å². The van der Waals surface area contributed by atoms with Gasteiger partial charge in [0, 0.05) is 32.1 Å². The molecule has 13 heteroatoms. The lowest BCUT2D eigenvalue weighted by molar-refractivity contribution is -0.145. The molecule has 55 heavy (non-hydrogen) atoms. The van der Waals surface area contributed by atoms with E-state index in [1.807, 2.05) is 79.4 Å². The number of rotatable bonds is 20. The lowest BCUT2D eigenvalue weighted by atomic mass is 9.94. The van der Waals surface area contributed by atoms with Crippen molar-refractivity contribution in [2.75, 3.05) is 45.9 Å². The molecule has 0 bridgehead atoms. The van der Waals surface area contributed by atoms with Crippen molar-refractivity contribution in [1.29, 1.82) is 0 Å². The quantitative estimate of drug-likeness (QED) is 0.127. The number of aryl methyl sites for hydroxylation is 1. The van der Waals surface area contributed by atoms with Gasteiger partial charge in [0.05, 0.1) is 19.3 Å². The van der Waals surface area contributed by atoms with E-state index in [4.69, 9.17) is 16.2 Å². The smallest absolute Gasteiger partial charge is 0.245 e. The van der Waals surface area contributed by atoms with E-state index < -0.39 is 41.9 Å². The molecule has 0 aromatic heterocycles. The van der Waals surface area contributed by atoms with Gasteiger partial charge < -0.3 is 42.0 Å². The van der Waals surface area contributed by atoms with Crippen molar-refractivity contribution in [2.45, 2.75) is 102 Å². The largest absolute Gasteiger partial charge is 0.378 e. The highest BCUT2D eigenvalue weighted by molar-refractivity contribution is 5.95. The van der Waals surface area contributed by atoms with E-state index >= 15 is 0 Å². The summed E-state index contributed by atoms with van der Waals surface area (Å²) in [7, 11) is 0. The predicted octanol–water partition coefficient (Wildman–Crippen LogP) is 2.31. The minimum absolute atomic E-state index is 0.0365. The molecule has 2 fully saturated rings. The zero-order valence-electron chi connectivity index (χ0n) is 32.8. The summed E-state index contributed by atoms with van der Waals surface area (Å²) < 4.78 is 5.40. The topological polar surface area (TPSA) is 189 Å². The maximum Gasteiger partial charge on any atom is 0.245 e. The van der Waals surface area contributed by atoms with Crippen LogP contribution in [-0.2, 0) is 41.6 Å². The summed E-state index contributed by atoms with van der Waals surface area (Å²) in [5, 5.41) is 8.79. The monoisotopic (exact) mass is 761 g/mol. The average Bonchev–Trinajstić information content (AvgIpc) is 3.20. The van der Waals surface area contributed by atoms with Crippen molar-refractivity contribution < 1.29 is 28.7 Å². The summed E-state index contributed by atoms with van der Waals surface area (Å²) in [5.41, 5.74) is 13.9. The van der Waals surface area contributed by atoms with Gasteiger partial charge in [0.2, 0.25) is 29.5 Å². The van der Waals surface area contributed by atoms with E-state index in [0.717, 1.165) is 24.0 Å². The van der Waals surface area contributed by atoms with E-state index in [1.54, 1.807) is 4.90 Å². The third kappa shape index (κ3) is 14.4. The Hall–Kier alpha value is -4.33. The summed E-state index contributed by atoms with van der Waals surface area (Å²) in [6.45, 7) is 7.57. The molecule has 0 saturated carbocycles. The summed E-state index contributed by atoms with van der Waals surface area (Å²) in [6, 6.07) is 15.5. The lowest BCUT2D eigenvalue weighted by Gasteiger charge is -2.37. The Morgan fingerprint density at radius 2 is 1.29 bits per heavy atom. The number of likely N-dealkylation sites (tertiary alicyclic amines) is 1. The number of ether oxygens (including phenoxy) is 1. The van der Waals surface area contributed by atoms with Crippen LogP contribution in [0.15, 0.2) is 60.7 Å². The van der Waals surface area contributed by atoms with E-state index in [9.17, 15) is 24.0 Å². The fraction of sp³-hybridized carbons (Fsp3) is 0.595. The van der Waals surface area contributed by atoms with Crippen LogP contribution in [-0.4, -0.2) is 109 Å². The number of hydrogen-bond donors (Lipinski definition) is 5. The molecule has 302 valence electrons. The molecule has 13 nitrogen and oxygen atoms in total. The maximum atomic E-state index is 14.1. The molecule has 0 spiro atoms. The Morgan fingerprint density at radius 1 is 0.709 bits per heavy atom. The predicted molar refractivity (Wildman–Crippen MR) is 212 cm³/mol. The van der Waals surface area contributed by atoms with Crippen molar-refractivity contribution in [3.63, 3.8) is 0 Å². The summed E-state index contributed by atoms with van der Waals surface area (Å²) >= 11 is 0. The number of nitrogens with two attached hydrogens (primary N) is 2. The molecule has 2 aromatic carbocycles. The van der Waals surface area contributed by atoms with Crippen LogP contribution in [0.4, 0.5) is 0 Å². The first-order valence-electron chi connectivity index (χ1n) is 20.2. The fourth-order valence-corrected chi connectivity index (χ4v) is 7.25. The van der Waals surface area contributed by atoms with Crippen LogP contribution in [0, 0.1) is 11.8 Å². The van der Waals surface area contributed by atoms with E-state index in [0.29, 0.717) is 97.3 Å². The van der Waals surface area contributed by atoms with Crippen LogP contribution < -0.4 is 27.4 Å². The van der Waals surface area contributed by atoms with Gasteiger partial charge in [0.25, 0.3) is 0 Å². The Bertz CT molecular complexity index is 1500. The van der Waals surface area contributed by atoms with Crippen molar-refractivity contribution >= 4 is 29.5 Å². The zero-order valence-corrected chi connectivity index (χ0v) is 32.8. The molecular formula is C42H63N7O6. The lowest BCUT2D eigenvalue weighted by Crippen LogP contribution is -2.58. The van der Waals surface area contributed by atoms with Gasteiger partial charge in [-0.05, 0) is 75.0 Å². The molecule has 0 aliphatic carbocycles. The molecule has 4 rings (SSSR count). The highest BCUT2D eigenvalue weighted by Gasteiger charge is 2.35. The number of unbranched alkanes of at least 4 members (excludes halogenated alkanes) is 2. The molecule has 2 aliphatic rings. The number of piperidine rings is 1. The summed E-state index contributed by atoms with van der Waals surface area (Å²) in [6.07, 6.45) is 5.30. The highest BCUT2D eigenvalue weighted by atomic mass is 16.5.